The van der Waals surface area contributed by atoms with Gasteiger partial charge in [0.05, 0.1) is 5.56 Å². The maximum Gasteiger partial charge on any atom is 0.382 e. The smallest absolute Gasteiger partial charge is 0.375 e. The van der Waals surface area contributed by atoms with Crippen LogP contribution >= 0.6 is 7.80 Å². The Hall–Kier alpha value is -2.77. The summed E-state index contributed by atoms with van der Waals surface area (Å²) in [6.07, 6.45) is 0.422. The lowest BCUT2D eigenvalue weighted by molar-refractivity contribution is 0.103. The van der Waals surface area contributed by atoms with Gasteiger partial charge in [-0.2, -0.15) is 0 Å². The van der Waals surface area contributed by atoms with Crippen LogP contribution in [0.5, 0.6) is 0 Å². The van der Waals surface area contributed by atoms with Crippen molar-refractivity contribution < 1.29 is 9.36 Å². The number of hydrogen-bond donors (Lipinski definition) is 0. The van der Waals surface area contributed by atoms with Crippen LogP contribution in [0.3, 0.4) is 0 Å². The zero-order chi connectivity index (χ0) is 21.8. The lowest BCUT2D eigenvalue weighted by atomic mass is 9.93. The molecule has 0 fully saturated rings. The summed E-state index contributed by atoms with van der Waals surface area (Å²) in [5.74, 6) is -0.0617. The van der Waals surface area contributed by atoms with E-state index in [1.54, 1.807) is 0 Å². The fourth-order valence-electron chi connectivity index (χ4n) is 3.52. The molecule has 0 aliphatic heterocycles. The van der Waals surface area contributed by atoms with Crippen LogP contribution in [0, 0.1) is 20.8 Å². The first kappa shape index (κ1) is 21.9. The molecule has 0 N–H and O–H groups in total. The highest BCUT2D eigenvalue weighted by Crippen LogP contribution is 2.31. The number of anilines is 1. The molecule has 0 spiro atoms. The van der Waals surface area contributed by atoms with Gasteiger partial charge in [0.25, 0.3) is 0 Å². The maximum absolute atomic E-state index is 13.6. The molecule has 0 saturated carbocycles. The fourth-order valence-corrected chi connectivity index (χ4v) is 4.91. The summed E-state index contributed by atoms with van der Waals surface area (Å²) >= 11 is 0. The van der Waals surface area contributed by atoms with Gasteiger partial charge in [-0.3, -0.25) is 4.79 Å². The van der Waals surface area contributed by atoms with Crippen LogP contribution in [0.2, 0.25) is 0 Å². The third-order valence-electron chi connectivity index (χ3n) is 5.88. The van der Waals surface area contributed by atoms with Gasteiger partial charge >= 0.3 is 7.80 Å². The van der Waals surface area contributed by atoms with Crippen LogP contribution in [-0.4, -0.2) is 19.4 Å². The highest BCUT2D eigenvalue weighted by Gasteiger charge is 2.29. The van der Waals surface area contributed by atoms with Gasteiger partial charge in [0.15, 0.2) is 11.9 Å². The van der Waals surface area contributed by atoms with E-state index in [2.05, 4.69) is 18.7 Å². The fraction of sp³-hybridized carbons (Fsp3) is 0.269. The van der Waals surface area contributed by atoms with Crippen molar-refractivity contribution in [3.63, 3.8) is 0 Å². The predicted molar refractivity (Wildman–Crippen MR) is 127 cm³/mol. The molecular weight excluding hydrogens is 389 g/mol. The SMILES string of the molecule is CCN(C)c1ccc([P+](=O)Cc2ccccc2)c(C(=O)c2ccc(C)c(C)c2C)c1. The Balaban J connectivity index is 2.09. The number of carbonyl (C=O) groups excluding carboxylic acids is 1. The van der Waals surface area contributed by atoms with Gasteiger partial charge in [0, 0.05) is 30.4 Å². The lowest BCUT2D eigenvalue weighted by Gasteiger charge is -2.18. The van der Waals surface area contributed by atoms with E-state index in [0.717, 1.165) is 28.9 Å². The molecule has 4 heteroatoms. The Morgan fingerprint density at radius 2 is 1.60 bits per heavy atom. The minimum atomic E-state index is -1.74. The minimum Gasteiger partial charge on any atom is -0.375 e. The summed E-state index contributed by atoms with van der Waals surface area (Å²) in [5, 5.41) is 0.629. The average molecular weight is 418 g/mol. The molecule has 0 aromatic heterocycles. The summed E-state index contributed by atoms with van der Waals surface area (Å²) in [7, 11) is 0.250. The summed E-state index contributed by atoms with van der Waals surface area (Å²) < 4.78 is 13.3. The Kier molecular flexibility index (Phi) is 6.84. The van der Waals surface area contributed by atoms with E-state index in [1.807, 2.05) is 81.6 Å². The lowest BCUT2D eigenvalue weighted by Crippen LogP contribution is -2.20. The number of carbonyl (C=O) groups is 1. The van der Waals surface area contributed by atoms with Crippen molar-refractivity contribution in [3.8, 4) is 0 Å². The zero-order valence-corrected chi connectivity index (χ0v) is 19.3. The number of ketones is 1. The van der Waals surface area contributed by atoms with E-state index in [0.29, 0.717) is 22.6 Å². The Morgan fingerprint density at radius 1 is 0.900 bits per heavy atom. The van der Waals surface area contributed by atoms with Gasteiger partial charge in [-0.05, 0) is 62.6 Å². The molecule has 0 aliphatic rings. The van der Waals surface area contributed by atoms with Crippen LogP contribution in [-0.2, 0) is 10.7 Å². The number of aryl methyl sites for hydroxylation is 1. The Bertz CT molecular complexity index is 1090. The van der Waals surface area contributed by atoms with Crippen molar-refractivity contribution in [3.05, 3.63) is 94.0 Å². The predicted octanol–water partition coefficient (Wildman–Crippen LogP) is 5.95. The van der Waals surface area contributed by atoms with Gasteiger partial charge in [-0.25, -0.2) is 0 Å². The monoisotopic (exact) mass is 418 g/mol. The molecule has 3 aromatic carbocycles. The molecule has 0 radical (unpaired) electrons. The summed E-state index contributed by atoms with van der Waals surface area (Å²) in [6, 6.07) is 19.4. The molecular formula is C26H29NO2P+. The van der Waals surface area contributed by atoms with Crippen LogP contribution < -0.4 is 10.2 Å². The first-order chi connectivity index (χ1) is 14.3. The molecule has 0 aliphatic carbocycles. The topological polar surface area (TPSA) is 37.4 Å². The number of rotatable bonds is 7. The maximum atomic E-state index is 13.6. The molecule has 3 nitrogen and oxygen atoms in total. The van der Waals surface area contributed by atoms with Crippen LogP contribution in [0.25, 0.3) is 0 Å². The van der Waals surface area contributed by atoms with E-state index < -0.39 is 7.80 Å². The molecule has 154 valence electrons. The number of nitrogens with zero attached hydrogens (tertiary/aromatic N) is 1. The van der Waals surface area contributed by atoms with Crippen molar-refractivity contribution in [2.75, 3.05) is 18.5 Å². The third kappa shape index (κ3) is 4.52. The highest BCUT2D eigenvalue weighted by atomic mass is 31.1. The van der Waals surface area contributed by atoms with Crippen molar-refractivity contribution in [2.45, 2.75) is 33.9 Å². The van der Waals surface area contributed by atoms with Gasteiger partial charge < -0.3 is 4.90 Å². The minimum absolute atomic E-state index is 0.0617. The average Bonchev–Trinajstić information content (AvgIpc) is 2.77. The van der Waals surface area contributed by atoms with Gasteiger partial charge in [0.2, 0.25) is 5.30 Å². The standard InChI is InChI=1S/C26H29NO2P/c1-6-27(5)22-13-15-25(30(29)17-21-10-8-7-9-11-21)24(16-22)26(28)23-14-12-18(2)19(3)20(23)4/h7-16H,6,17H2,1-5H3/q+1. The second-order valence-electron chi connectivity index (χ2n) is 7.75. The molecule has 3 rings (SSSR count). The zero-order valence-electron chi connectivity index (χ0n) is 18.4. The third-order valence-corrected chi connectivity index (χ3v) is 7.46. The first-order valence-electron chi connectivity index (χ1n) is 10.3. The molecule has 1 unspecified atom stereocenters. The summed E-state index contributed by atoms with van der Waals surface area (Å²) in [6.45, 7) is 8.97. The molecule has 30 heavy (non-hydrogen) atoms. The summed E-state index contributed by atoms with van der Waals surface area (Å²) in [4.78, 5) is 15.7. The number of benzene rings is 3. The first-order valence-corrected chi connectivity index (χ1v) is 11.7. The van der Waals surface area contributed by atoms with E-state index >= 15 is 0 Å². The van der Waals surface area contributed by atoms with Crippen molar-refractivity contribution >= 4 is 24.6 Å². The van der Waals surface area contributed by atoms with E-state index in [4.69, 9.17) is 0 Å². The summed E-state index contributed by atoms with van der Waals surface area (Å²) in [5.41, 5.74) is 6.45. The normalized spacial score (nSPS) is 11.3. The van der Waals surface area contributed by atoms with E-state index in [9.17, 15) is 9.36 Å². The molecule has 0 amide bonds. The Labute approximate surface area is 180 Å². The molecule has 3 aromatic rings. The molecule has 0 saturated heterocycles. The van der Waals surface area contributed by atoms with Gasteiger partial charge in [-0.15, -0.1) is 0 Å². The number of hydrogen-bond acceptors (Lipinski definition) is 3. The van der Waals surface area contributed by atoms with Gasteiger partial charge in [-0.1, -0.05) is 47.0 Å². The molecule has 0 bridgehead atoms. The Morgan fingerprint density at radius 3 is 2.27 bits per heavy atom. The van der Waals surface area contributed by atoms with Crippen LogP contribution in [0.15, 0.2) is 60.7 Å². The second kappa shape index (κ2) is 9.36. The van der Waals surface area contributed by atoms with Crippen LogP contribution in [0.1, 0.15) is 45.1 Å². The van der Waals surface area contributed by atoms with Crippen LogP contribution in [0.4, 0.5) is 5.69 Å². The quantitative estimate of drug-likeness (QED) is 0.351. The van der Waals surface area contributed by atoms with Crippen molar-refractivity contribution in [1.82, 2.24) is 0 Å². The highest BCUT2D eigenvalue weighted by molar-refractivity contribution is 7.52. The molecule has 0 heterocycles. The van der Waals surface area contributed by atoms with Crippen molar-refractivity contribution in [2.24, 2.45) is 0 Å². The van der Waals surface area contributed by atoms with E-state index in [-0.39, 0.29) is 5.78 Å². The van der Waals surface area contributed by atoms with E-state index in [1.165, 1.54) is 5.56 Å². The molecule has 1 atom stereocenters. The second-order valence-corrected chi connectivity index (χ2v) is 9.30. The van der Waals surface area contributed by atoms with Gasteiger partial charge in [0.1, 0.15) is 0 Å². The van der Waals surface area contributed by atoms with Crippen molar-refractivity contribution in [1.29, 1.82) is 0 Å². The largest absolute Gasteiger partial charge is 0.382 e.